The highest BCUT2D eigenvalue weighted by Gasteiger charge is 2.14. The second kappa shape index (κ2) is 9.33. The summed E-state index contributed by atoms with van der Waals surface area (Å²) >= 11 is 1.53. The molecular formula is C14H23N3O3S. The van der Waals surface area contributed by atoms with Gasteiger partial charge in [-0.2, -0.15) is 0 Å². The summed E-state index contributed by atoms with van der Waals surface area (Å²) in [4.78, 5) is 26.5. The largest absolute Gasteiger partial charge is 0.481 e. The molecule has 0 radical (unpaired) electrons. The fourth-order valence-electron chi connectivity index (χ4n) is 1.90. The first-order chi connectivity index (χ1) is 10.0. The molecule has 2 amide bonds. The van der Waals surface area contributed by atoms with E-state index in [1.54, 1.807) is 6.20 Å². The van der Waals surface area contributed by atoms with Crippen LogP contribution in [0.15, 0.2) is 11.6 Å². The van der Waals surface area contributed by atoms with E-state index in [-0.39, 0.29) is 24.4 Å². The van der Waals surface area contributed by atoms with Gasteiger partial charge in [0.2, 0.25) is 0 Å². The van der Waals surface area contributed by atoms with Crippen LogP contribution >= 0.6 is 11.3 Å². The Hall–Kier alpha value is -1.63. The predicted molar refractivity (Wildman–Crippen MR) is 82.3 cm³/mol. The van der Waals surface area contributed by atoms with E-state index in [4.69, 9.17) is 5.11 Å². The average molecular weight is 313 g/mol. The molecular weight excluding hydrogens is 290 g/mol. The Morgan fingerprint density at radius 2 is 2.19 bits per heavy atom. The van der Waals surface area contributed by atoms with Crippen LogP contribution in [0.25, 0.3) is 0 Å². The van der Waals surface area contributed by atoms with E-state index in [2.05, 4.69) is 15.6 Å². The molecule has 2 unspecified atom stereocenters. The fraction of sp³-hybridized carbons (Fsp3) is 0.643. The van der Waals surface area contributed by atoms with Crippen molar-refractivity contribution in [1.29, 1.82) is 0 Å². The Morgan fingerprint density at radius 1 is 1.43 bits per heavy atom. The predicted octanol–water partition coefficient (Wildman–Crippen LogP) is 2.78. The number of carboxylic acid groups (broad SMARTS) is 1. The lowest BCUT2D eigenvalue weighted by molar-refractivity contribution is -0.137. The third-order valence-electron chi connectivity index (χ3n) is 3.24. The number of amides is 2. The summed E-state index contributed by atoms with van der Waals surface area (Å²) < 4.78 is 0. The first kappa shape index (κ1) is 17.4. The van der Waals surface area contributed by atoms with Crippen molar-refractivity contribution in [2.45, 2.75) is 45.6 Å². The summed E-state index contributed by atoms with van der Waals surface area (Å²) in [7, 11) is 0. The number of urea groups is 1. The van der Waals surface area contributed by atoms with Crippen molar-refractivity contribution in [2.75, 3.05) is 6.54 Å². The number of thiazole rings is 1. The van der Waals surface area contributed by atoms with E-state index in [9.17, 15) is 9.59 Å². The number of nitrogens with one attached hydrogen (secondary N) is 2. The zero-order valence-electron chi connectivity index (χ0n) is 12.5. The van der Waals surface area contributed by atoms with Gasteiger partial charge in [0.15, 0.2) is 0 Å². The molecule has 2 atom stereocenters. The number of aromatic nitrogens is 1. The maximum absolute atomic E-state index is 11.8. The maximum Gasteiger partial charge on any atom is 0.315 e. The van der Waals surface area contributed by atoms with Gasteiger partial charge in [-0.05, 0) is 25.2 Å². The Balaban J connectivity index is 2.23. The second-order valence-corrected chi connectivity index (χ2v) is 5.98. The number of carbonyl (C=O) groups is 2. The number of hydrogen-bond donors (Lipinski definition) is 3. The van der Waals surface area contributed by atoms with Gasteiger partial charge in [-0.15, -0.1) is 11.3 Å². The summed E-state index contributed by atoms with van der Waals surface area (Å²) in [6.45, 7) is 4.54. The van der Waals surface area contributed by atoms with Gasteiger partial charge in [0.25, 0.3) is 0 Å². The van der Waals surface area contributed by atoms with Crippen LogP contribution < -0.4 is 10.6 Å². The standard InChI is InChI=1S/C14H23N3O3S/c1-3-11(13-15-8-9-21-13)17-14(20)16-7-6-10(2)4-5-12(18)19/h8-11H,3-7H2,1-2H3,(H,18,19)(H2,16,17,20). The van der Waals surface area contributed by atoms with Gasteiger partial charge >= 0.3 is 12.0 Å². The van der Waals surface area contributed by atoms with Gasteiger partial charge in [0.1, 0.15) is 5.01 Å². The number of hydrogen-bond acceptors (Lipinski definition) is 4. The normalized spacial score (nSPS) is 13.4. The monoisotopic (exact) mass is 313 g/mol. The van der Waals surface area contributed by atoms with Gasteiger partial charge in [-0.1, -0.05) is 13.8 Å². The first-order valence-corrected chi connectivity index (χ1v) is 8.06. The number of rotatable bonds is 9. The van der Waals surface area contributed by atoms with Crippen LogP contribution in [-0.4, -0.2) is 28.6 Å². The minimum Gasteiger partial charge on any atom is -0.481 e. The van der Waals surface area contributed by atoms with Gasteiger partial charge < -0.3 is 15.7 Å². The molecule has 0 spiro atoms. The van der Waals surface area contributed by atoms with E-state index in [0.29, 0.717) is 13.0 Å². The molecule has 1 rings (SSSR count). The average Bonchev–Trinajstić information content (AvgIpc) is 2.96. The fourth-order valence-corrected chi connectivity index (χ4v) is 2.67. The summed E-state index contributed by atoms with van der Waals surface area (Å²) in [5.74, 6) is -0.496. The highest BCUT2D eigenvalue weighted by atomic mass is 32.1. The first-order valence-electron chi connectivity index (χ1n) is 7.18. The van der Waals surface area contributed by atoms with Crippen LogP contribution in [0.2, 0.25) is 0 Å². The van der Waals surface area contributed by atoms with E-state index >= 15 is 0 Å². The topological polar surface area (TPSA) is 91.3 Å². The smallest absolute Gasteiger partial charge is 0.315 e. The van der Waals surface area contributed by atoms with Crippen molar-refractivity contribution in [3.63, 3.8) is 0 Å². The molecule has 118 valence electrons. The van der Waals surface area contributed by atoms with Crippen LogP contribution in [0.1, 0.15) is 50.6 Å². The number of aliphatic carboxylic acids is 1. The molecule has 0 saturated heterocycles. The van der Waals surface area contributed by atoms with Crippen molar-refractivity contribution >= 4 is 23.3 Å². The van der Waals surface area contributed by atoms with Crippen LogP contribution in [0.5, 0.6) is 0 Å². The van der Waals surface area contributed by atoms with Crippen molar-refractivity contribution in [2.24, 2.45) is 5.92 Å². The molecule has 7 heteroatoms. The van der Waals surface area contributed by atoms with Crippen LogP contribution in [0.3, 0.4) is 0 Å². The second-order valence-electron chi connectivity index (χ2n) is 5.06. The lowest BCUT2D eigenvalue weighted by Crippen LogP contribution is -2.38. The molecule has 1 aromatic rings. The third kappa shape index (κ3) is 7.08. The van der Waals surface area contributed by atoms with E-state index in [0.717, 1.165) is 17.8 Å². The third-order valence-corrected chi connectivity index (χ3v) is 4.13. The number of carboxylic acids is 1. The van der Waals surface area contributed by atoms with Crippen molar-refractivity contribution in [3.05, 3.63) is 16.6 Å². The number of carbonyl (C=O) groups excluding carboxylic acids is 1. The molecule has 0 fully saturated rings. The van der Waals surface area contributed by atoms with Gasteiger partial charge in [0, 0.05) is 24.5 Å². The SMILES string of the molecule is CCC(NC(=O)NCCC(C)CCC(=O)O)c1nccs1. The van der Waals surface area contributed by atoms with Crippen molar-refractivity contribution < 1.29 is 14.7 Å². The van der Waals surface area contributed by atoms with Gasteiger partial charge in [0.05, 0.1) is 6.04 Å². The molecule has 1 heterocycles. The molecule has 0 aliphatic rings. The highest BCUT2D eigenvalue weighted by Crippen LogP contribution is 2.18. The zero-order valence-corrected chi connectivity index (χ0v) is 13.3. The maximum atomic E-state index is 11.8. The van der Waals surface area contributed by atoms with E-state index in [1.165, 1.54) is 11.3 Å². The lowest BCUT2D eigenvalue weighted by atomic mass is 10.0. The van der Waals surface area contributed by atoms with E-state index in [1.807, 2.05) is 19.2 Å². The minimum atomic E-state index is -0.776. The van der Waals surface area contributed by atoms with Crippen molar-refractivity contribution in [1.82, 2.24) is 15.6 Å². The quantitative estimate of drug-likeness (QED) is 0.653. The highest BCUT2D eigenvalue weighted by molar-refractivity contribution is 7.09. The Kier molecular flexibility index (Phi) is 7.74. The summed E-state index contributed by atoms with van der Waals surface area (Å²) in [6.07, 6.45) is 4.10. The van der Waals surface area contributed by atoms with Crippen molar-refractivity contribution in [3.8, 4) is 0 Å². The zero-order chi connectivity index (χ0) is 15.7. The molecule has 3 N–H and O–H groups in total. The van der Waals surface area contributed by atoms with Gasteiger partial charge in [-0.3, -0.25) is 4.79 Å². The summed E-state index contributed by atoms with van der Waals surface area (Å²) in [5.41, 5.74) is 0. The van der Waals surface area contributed by atoms with E-state index < -0.39 is 5.97 Å². The van der Waals surface area contributed by atoms with Crippen LogP contribution in [0.4, 0.5) is 4.79 Å². The molecule has 1 aromatic heterocycles. The molecule has 0 aliphatic heterocycles. The molecule has 0 aromatic carbocycles. The number of nitrogens with zero attached hydrogens (tertiary/aromatic N) is 1. The van der Waals surface area contributed by atoms with Crippen LogP contribution in [0, 0.1) is 5.92 Å². The molecule has 0 saturated carbocycles. The Bertz CT molecular complexity index is 437. The molecule has 0 bridgehead atoms. The lowest BCUT2D eigenvalue weighted by Gasteiger charge is -2.16. The summed E-state index contributed by atoms with van der Waals surface area (Å²) in [5, 5.41) is 17.1. The molecule has 0 aliphatic carbocycles. The molecule has 21 heavy (non-hydrogen) atoms. The summed E-state index contributed by atoms with van der Waals surface area (Å²) in [6, 6.07) is -0.267. The Labute approximate surface area is 129 Å². The Morgan fingerprint density at radius 3 is 2.76 bits per heavy atom. The van der Waals surface area contributed by atoms with Gasteiger partial charge in [-0.25, -0.2) is 9.78 Å². The molecule has 6 nitrogen and oxygen atoms in total. The minimum absolute atomic E-state index is 0.0607. The van der Waals surface area contributed by atoms with Crippen LogP contribution in [-0.2, 0) is 4.79 Å².